The second kappa shape index (κ2) is 7.39. The third-order valence-corrected chi connectivity index (χ3v) is 6.29. The van der Waals surface area contributed by atoms with Crippen molar-refractivity contribution in [3.63, 3.8) is 0 Å². The van der Waals surface area contributed by atoms with Crippen LogP contribution in [0.4, 0.5) is 11.4 Å². The lowest BCUT2D eigenvalue weighted by Gasteiger charge is -2.28. The van der Waals surface area contributed by atoms with Crippen LogP contribution >= 0.6 is 11.8 Å². The van der Waals surface area contributed by atoms with Crippen LogP contribution in [-0.4, -0.2) is 17.6 Å². The second-order valence-electron chi connectivity index (χ2n) is 7.53. The molecule has 1 N–H and O–H groups in total. The highest BCUT2D eigenvalue weighted by Gasteiger charge is 2.35. The lowest BCUT2D eigenvalue weighted by atomic mass is 10.00. The molecule has 2 fully saturated rings. The van der Waals surface area contributed by atoms with Gasteiger partial charge in [0.15, 0.2) is 0 Å². The fraction of sp³-hybridized carbons (Fsp3) is 0.364. The maximum atomic E-state index is 12.7. The number of carbonyl (C=O) groups is 2. The summed E-state index contributed by atoms with van der Waals surface area (Å²) < 4.78 is 0. The second-order valence-corrected chi connectivity index (χ2v) is 8.60. The largest absolute Gasteiger partial charge is 0.326 e. The van der Waals surface area contributed by atoms with Gasteiger partial charge >= 0.3 is 0 Å². The van der Waals surface area contributed by atoms with Crippen LogP contribution in [0, 0.1) is 5.92 Å². The summed E-state index contributed by atoms with van der Waals surface area (Å²) in [5.41, 5.74) is 4.01. The Labute approximate surface area is 164 Å². The van der Waals surface area contributed by atoms with Gasteiger partial charge in [-0.25, -0.2) is 0 Å². The smallest absolute Gasteiger partial charge is 0.238 e. The van der Waals surface area contributed by atoms with Crippen LogP contribution in [0.1, 0.15) is 49.1 Å². The molecule has 0 aromatic heterocycles. The van der Waals surface area contributed by atoms with Crippen molar-refractivity contribution >= 4 is 35.0 Å². The Morgan fingerprint density at radius 1 is 1.15 bits per heavy atom. The number of hydrogen-bond donors (Lipinski definition) is 1. The van der Waals surface area contributed by atoms with Crippen LogP contribution in [0.2, 0.25) is 0 Å². The van der Waals surface area contributed by atoms with E-state index in [4.69, 9.17) is 0 Å². The molecule has 140 valence electrons. The zero-order valence-corrected chi connectivity index (χ0v) is 16.5. The minimum atomic E-state index is -0.0739. The zero-order valence-electron chi connectivity index (χ0n) is 15.6. The summed E-state index contributed by atoms with van der Waals surface area (Å²) in [5, 5.41) is 2.94. The topological polar surface area (TPSA) is 49.4 Å². The number of hydrogen-bond acceptors (Lipinski definition) is 3. The van der Waals surface area contributed by atoms with Crippen molar-refractivity contribution in [2.45, 2.75) is 38.0 Å². The van der Waals surface area contributed by atoms with Gasteiger partial charge in [-0.15, -0.1) is 11.8 Å². The van der Waals surface area contributed by atoms with Gasteiger partial charge in [-0.05, 0) is 48.1 Å². The Kier molecular flexibility index (Phi) is 4.96. The van der Waals surface area contributed by atoms with E-state index in [1.807, 2.05) is 47.4 Å². The third-order valence-electron chi connectivity index (χ3n) is 5.07. The van der Waals surface area contributed by atoms with Crippen LogP contribution in [-0.2, 0) is 9.59 Å². The van der Waals surface area contributed by atoms with Crippen LogP contribution in [0.3, 0.4) is 0 Å². The van der Waals surface area contributed by atoms with Gasteiger partial charge in [-0.1, -0.05) is 44.2 Å². The highest BCUT2D eigenvalue weighted by molar-refractivity contribution is 8.00. The molecule has 27 heavy (non-hydrogen) atoms. The Balaban J connectivity index is 1.65. The molecule has 1 saturated heterocycles. The van der Waals surface area contributed by atoms with E-state index in [0.29, 0.717) is 11.7 Å². The number of rotatable bonds is 5. The normalized spacial score (nSPS) is 19.6. The first-order valence-electron chi connectivity index (χ1n) is 9.48. The quantitative estimate of drug-likeness (QED) is 0.799. The summed E-state index contributed by atoms with van der Waals surface area (Å²) in [5.74, 6) is 1.21. The Morgan fingerprint density at radius 2 is 1.93 bits per heavy atom. The molecule has 1 heterocycles. The number of benzene rings is 2. The summed E-state index contributed by atoms with van der Waals surface area (Å²) in [4.78, 5) is 26.7. The Hall–Kier alpha value is -2.27. The van der Waals surface area contributed by atoms with Gasteiger partial charge in [-0.2, -0.15) is 0 Å². The average Bonchev–Trinajstić information content (AvgIpc) is 3.44. The summed E-state index contributed by atoms with van der Waals surface area (Å²) in [6, 6.07) is 16.0. The first-order chi connectivity index (χ1) is 13.0. The van der Waals surface area contributed by atoms with Crippen LogP contribution in [0.15, 0.2) is 48.5 Å². The summed E-state index contributed by atoms with van der Waals surface area (Å²) in [6.45, 7) is 4.30. The van der Waals surface area contributed by atoms with Crippen molar-refractivity contribution in [1.82, 2.24) is 0 Å². The number of anilines is 2. The molecule has 0 bridgehead atoms. The number of thioether (sulfide) groups is 1. The van der Waals surface area contributed by atoms with E-state index in [9.17, 15) is 9.59 Å². The molecule has 1 unspecified atom stereocenters. The van der Waals surface area contributed by atoms with Gasteiger partial charge in [0.2, 0.25) is 11.8 Å². The van der Waals surface area contributed by atoms with E-state index in [-0.39, 0.29) is 23.1 Å². The fourth-order valence-electron chi connectivity index (χ4n) is 3.49. The predicted molar refractivity (Wildman–Crippen MR) is 111 cm³/mol. The summed E-state index contributed by atoms with van der Waals surface area (Å²) >= 11 is 1.64. The number of nitrogens with zero attached hydrogens (tertiary/aromatic N) is 1. The molecule has 2 aromatic carbocycles. The van der Waals surface area contributed by atoms with Crippen LogP contribution in [0.5, 0.6) is 0 Å². The highest BCUT2D eigenvalue weighted by Crippen LogP contribution is 2.44. The zero-order chi connectivity index (χ0) is 19.0. The minimum Gasteiger partial charge on any atom is -0.326 e. The summed E-state index contributed by atoms with van der Waals surface area (Å²) in [7, 11) is 0. The van der Waals surface area contributed by atoms with E-state index in [0.717, 1.165) is 29.8 Å². The van der Waals surface area contributed by atoms with E-state index < -0.39 is 0 Å². The number of amides is 2. The molecule has 4 rings (SSSR count). The molecule has 0 spiro atoms. The molecule has 1 atom stereocenters. The molecule has 2 aromatic rings. The number of nitrogens with one attached hydrogen (secondary N) is 1. The van der Waals surface area contributed by atoms with Gasteiger partial charge in [0.1, 0.15) is 5.37 Å². The van der Waals surface area contributed by atoms with Gasteiger partial charge in [0, 0.05) is 17.3 Å². The fourth-order valence-corrected chi connectivity index (χ4v) is 4.64. The molecular formula is C22H24N2O2S. The van der Waals surface area contributed by atoms with Crippen LogP contribution in [0.25, 0.3) is 0 Å². The van der Waals surface area contributed by atoms with Gasteiger partial charge in [0.05, 0.1) is 5.75 Å². The molecule has 1 saturated carbocycles. The molecule has 2 aliphatic rings. The molecule has 4 nitrogen and oxygen atoms in total. The van der Waals surface area contributed by atoms with Crippen molar-refractivity contribution in [2.24, 2.45) is 5.92 Å². The van der Waals surface area contributed by atoms with Crippen molar-refractivity contribution in [1.29, 1.82) is 0 Å². The molecule has 1 aliphatic carbocycles. The van der Waals surface area contributed by atoms with Crippen molar-refractivity contribution in [3.8, 4) is 0 Å². The molecule has 2 amide bonds. The minimum absolute atomic E-state index is 0.0739. The molecule has 0 radical (unpaired) electrons. The maximum Gasteiger partial charge on any atom is 0.238 e. The predicted octanol–water partition coefficient (Wildman–Crippen LogP) is 4.94. The van der Waals surface area contributed by atoms with Gasteiger partial charge in [0.25, 0.3) is 0 Å². The Bertz CT molecular complexity index is 876. The van der Waals surface area contributed by atoms with Crippen molar-refractivity contribution in [3.05, 3.63) is 59.7 Å². The van der Waals surface area contributed by atoms with E-state index in [2.05, 4.69) is 25.2 Å². The van der Waals surface area contributed by atoms with E-state index in [1.165, 1.54) is 5.56 Å². The molecule has 1 aliphatic heterocycles. The SMILES string of the molecule is CC(C)c1ccccc1N1C(=O)CSC1c1cccc(NC(=O)C2CC2)c1. The van der Waals surface area contributed by atoms with Crippen LogP contribution < -0.4 is 10.2 Å². The number of para-hydroxylation sites is 1. The number of carbonyl (C=O) groups excluding carboxylic acids is 2. The highest BCUT2D eigenvalue weighted by atomic mass is 32.2. The van der Waals surface area contributed by atoms with Crippen molar-refractivity contribution < 1.29 is 9.59 Å². The van der Waals surface area contributed by atoms with E-state index >= 15 is 0 Å². The van der Waals surface area contributed by atoms with Gasteiger partial charge in [-0.3, -0.25) is 14.5 Å². The van der Waals surface area contributed by atoms with Gasteiger partial charge < -0.3 is 5.32 Å². The first kappa shape index (κ1) is 18.1. The third kappa shape index (κ3) is 3.74. The van der Waals surface area contributed by atoms with E-state index in [1.54, 1.807) is 11.8 Å². The lowest BCUT2D eigenvalue weighted by Crippen LogP contribution is -2.29. The Morgan fingerprint density at radius 3 is 2.67 bits per heavy atom. The molecular weight excluding hydrogens is 356 g/mol. The molecule has 5 heteroatoms. The lowest BCUT2D eigenvalue weighted by molar-refractivity contribution is -0.117. The monoisotopic (exact) mass is 380 g/mol. The maximum absolute atomic E-state index is 12.7. The average molecular weight is 381 g/mol. The standard InChI is InChI=1S/C22H24N2O2S/c1-14(2)18-8-3-4-9-19(18)24-20(25)13-27-22(24)16-6-5-7-17(12-16)23-21(26)15-10-11-15/h3-9,12,14-15,22H,10-11,13H2,1-2H3,(H,23,26). The summed E-state index contributed by atoms with van der Waals surface area (Å²) in [6.07, 6.45) is 1.97. The van der Waals surface area contributed by atoms with Crippen molar-refractivity contribution in [2.75, 3.05) is 16.0 Å². The first-order valence-corrected chi connectivity index (χ1v) is 10.5.